The Bertz CT molecular complexity index is 698. The molecule has 1 aromatic heterocycles. The molecule has 2 N–H and O–H groups in total. The summed E-state index contributed by atoms with van der Waals surface area (Å²) in [6, 6.07) is 7.40. The molecule has 0 bridgehead atoms. The first kappa shape index (κ1) is 16.5. The molecule has 5 nitrogen and oxygen atoms in total. The molecule has 22 heavy (non-hydrogen) atoms. The number of amides is 1. The average molecular weight is 336 g/mol. The Morgan fingerprint density at radius 2 is 2.14 bits per heavy atom. The van der Waals surface area contributed by atoms with E-state index >= 15 is 0 Å². The molecule has 1 heterocycles. The molecule has 0 atom stereocenters. The number of aliphatic carboxylic acids is 1. The van der Waals surface area contributed by atoms with Crippen LogP contribution in [0.15, 0.2) is 24.3 Å². The molecule has 0 unspecified atom stereocenters. The molecule has 0 aliphatic carbocycles. The molecular weight excluding hydrogens is 320 g/mol. The van der Waals surface area contributed by atoms with Crippen LogP contribution >= 0.6 is 23.1 Å². The SMILES string of the molecule is Cc1nc(C(=O)Nc2cccc(CSCC(=O)O)c2)c(C)s1. The second-order valence-electron chi connectivity index (χ2n) is 4.68. The first-order chi connectivity index (χ1) is 10.5. The number of rotatable bonds is 6. The second kappa shape index (κ2) is 7.42. The number of aromatic nitrogens is 1. The summed E-state index contributed by atoms with van der Waals surface area (Å²) in [5.74, 6) is -0.403. The Balaban J connectivity index is 2.02. The summed E-state index contributed by atoms with van der Waals surface area (Å²) in [6.07, 6.45) is 0. The van der Waals surface area contributed by atoms with Crippen LogP contribution in [-0.4, -0.2) is 27.7 Å². The van der Waals surface area contributed by atoms with Crippen molar-refractivity contribution in [3.8, 4) is 0 Å². The van der Waals surface area contributed by atoms with E-state index in [1.54, 1.807) is 6.07 Å². The summed E-state index contributed by atoms with van der Waals surface area (Å²) in [4.78, 5) is 27.8. The lowest BCUT2D eigenvalue weighted by molar-refractivity contribution is -0.133. The van der Waals surface area contributed by atoms with Crippen LogP contribution in [0.2, 0.25) is 0 Å². The van der Waals surface area contributed by atoms with E-state index in [0.717, 1.165) is 15.4 Å². The summed E-state index contributed by atoms with van der Waals surface area (Å²) in [5.41, 5.74) is 2.10. The molecule has 1 aromatic carbocycles. The van der Waals surface area contributed by atoms with Crippen LogP contribution in [0, 0.1) is 13.8 Å². The van der Waals surface area contributed by atoms with Crippen LogP contribution in [-0.2, 0) is 10.5 Å². The molecule has 116 valence electrons. The quantitative estimate of drug-likeness (QED) is 0.846. The van der Waals surface area contributed by atoms with Crippen molar-refractivity contribution in [2.24, 2.45) is 0 Å². The number of thioether (sulfide) groups is 1. The number of carbonyl (C=O) groups excluding carboxylic acids is 1. The summed E-state index contributed by atoms with van der Waals surface area (Å²) in [7, 11) is 0. The Hall–Kier alpha value is -1.86. The van der Waals surface area contributed by atoms with E-state index in [-0.39, 0.29) is 11.7 Å². The molecule has 0 saturated heterocycles. The third kappa shape index (κ3) is 4.57. The van der Waals surface area contributed by atoms with Gasteiger partial charge in [-0.3, -0.25) is 9.59 Å². The van der Waals surface area contributed by atoms with E-state index in [2.05, 4.69) is 10.3 Å². The van der Waals surface area contributed by atoms with Gasteiger partial charge in [0.15, 0.2) is 0 Å². The zero-order valence-electron chi connectivity index (χ0n) is 12.3. The molecule has 1 amide bonds. The Kier molecular flexibility index (Phi) is 5.57. The highest BCUT2D eigenvalue weighted by Gasteiger charge is 2.14. The highest BCUT2D eigenvalue weighted by molar-refractivity contribution is 7.99. The van der Waals surface area contributed by atoms with Crippen molar-refractivity contribution in [3.63, 3.8) is 0 Å². The van der Waals surface area contributed by atoms with Gasteiger partial charge in [0.2, 0.25) is 0 Å². The lowest BCUT2D eigenvalue weighted by Gasteiger charge is -2.06. The van der Waals surface area contributed by atoms with Crippen molar-refractivity contribution in [2.75, 3.05) is 11.1 Å². The van der Waals surface area contributed by atoms with Gasteiger partial charge < -0.3 is 10.4 Å². The fraction of sp³-hybridized carbons (Fsp3) is 0.267. The summed E-state index contributed by atoms with van der Waals surface area (Å²) in [5, 5.41) is 12.3. The van der Waals surface area contributed by atoms with Crippen molar-refractivity contribution in [2.45, 2.75) is 19.6 Å². The van der Waals surface area contributed by atoms with Crippen molar-refractivity contribution >= 4 is 40.7 Å². The molecular formula is C15H16N2O3S2. The topological polar surface area (TPSA) is 79.3 Å². The summed E-state index contributed by atoms with van der Waals surface area (Å²) >= 11 is 2.82. The Morgan fingerprint density at radius 1 is 1.36 bits per heavy atom. The zero-order valence-corrected chi connectivity index (χ0v) is 13.9. The fourth-order valence-corrected chi connectivity index (χ4v) is 3.43. The van der Waals surface area contributed by atoms with Crippen molar-refractivity contribution in [1.29, 1.82) is 0 Å². The van der Waals surface area contributed by atoms with Gasteiger partial charge in [0.1, 0.15) is 5.69 Å². The number of hydrogen-bond acceptors (Lipinski definition) is 5. The predicted octanol–water partition coefficient (Wildman–Crippen LogP) is 3.33. The Morgan fingerprint density at radius 3 is 2.77 bits per heavy atom. The van der Waals surface area contributed by atoms with Crippen LogP contribution in [0.5, 0.6) is 0 Å². The number of carboxylic acid groups (broad SMARTS) is 1. The molecule has 0 aliphatic heterocycles. The number of benzene rings is 1. The van der Waals surface area contributed by atoms with Gasteiger partial charge in [-0.1, -0.05) is 12.1 Å². The third-order valence-electron chi connectivity index (χ3n) is 2.80. The maximum atomic E-state index is 12.2. The largest absolute Gasteiger partial charge is 0.481 e. The second-order valence-corrected chi connectivity index (χ2v) is 7.07. The monoisotopic (exact) mass is 336 g/mol. The molecule has 2 rings (SSSR count). The Labute approximate surface area is 136 Å². The highest BCUT2D eigenvalue weighted by atomic mass is 32.2. The van der Waals surface area contributed by atoms with Gasteiger partial charge in [-0.15, -0.1) is 23.1 Å². The number of nitrogens with zero attached hydrogens (tertiary/aromatic N) is 1. The minimum Gasteiger partial charge on any atom is -0.481 e. The molecule has 2 aromatic rings. The first-order valence-corrected chi connectivity index (χ1v) is 8.56. The van der Waals surface area contributed by atoms with E-state index in [0.29, 0.717) is 17.1 Å². The minimum atomic E-state index is -0.830. The average Bonchev–Trinajstić information content (AvgIpc) is 2.78. The summed E-state index contributed by atoms with van der Waals surface area (Å²) < 4.78 is 0. The van der Waals surface area contributed by atoms with Gasteiger partial charge in [-0.05, 0) is 31.5 Å². The van der Waals surface area contributed by atoms with Crippen molar-refractivity contribution < 1.29 is 14.7 Å². The molecule has 0 fully saturated rings. The lowest BCUT2D eigenvalue weighted by atomic mass is 10.2. The number of anilines is 1. The van der Waals surface area contributed by atoms with E-state index < -0.39 is 5.97 Å². The van der Waals surface area contributed by atoms with Crippen molar-refractivity contribution in [3.05, 3.63) is 45.4 Å². The van der Waals surface area contributed by atoms with Crippen LogP contribution in [0.1, 0.15) is 25.9 Å². The normalized spacial score (nSPS) is 10.5. The van der Waals surface area contributed by atoms with E-state index in [9.17, 15) is 9.59 Å². The molecule has 7 heteroatoms. The van der Waals surface area contributed by atoms with Gasteiger partial charge in [-0.25, -0.2) is 4.98 Å². The van der Waals surface area contributed by atoms with E-state index in [1.807, 2.05) is 32.0 Å². The number of carbonyl (C=O) groups is 2. The third-order valence-corrected chi connectivity index (χ3v) is 4.67. The van der Waals surface area contributed by atoms with Gasteiger partial charge >= 0.3 is 5.97 Å². The van der Waals surface area contributed by atoms with Gasteiger partial charge in [0.05, 0.1) is 10.8 Å². The smallest absolute Gasteiger partial charge is 0.313 e. The predicted molar refractivity (Wildman–Crippen MR) is 89.8 cm³/mol. The number of nitrogens with one attached hydrogen (secondary N) is 1. The maximum Gasteiger partial charge on any atom is 0.313 e. The maximum absolute atomic E-state index is 12.2. The van der Waals surface area contributed by atoms with Crippen molar-refractivity contribution in [1.82, 2.24) is 4.98 Å². The number of aryl methyl sites for hydroxylation is 2. The molecule has 0 saturated carbocycles. The van der Waals surface area contributed by atoms with E-state index in [4.69, 9.17) is 5.11 Å². The lowest BCUT2D eigenvalue weighted by Crippen LogP contribution is -2.13. The van der Waals surface area contributed by atoms with Crippen LogP contribution < -0.4 is 5.32 Å². The van der Waals surface area contributed by atoms with E-state index in [1.165, 1.54) is 23.1 Å². The van der Waals surface area contributed by atoms with Gasteiger partial charge in [0.25, 0.3) is 5.91 Å². The van der Waals surface area contributed by atoms with Gasteiger partial charge in [-0.2, -0.15) is 0 Å². The molecule has 0 aliphatic rings. The van der Waals surface area contributed by atoms with Crippen LogP contribution in [0.3, 0.4) is 0 Å². The van der Waals surface area contributed by atoms with Crippen LogP contribution in [0.25, 0.3) is 0 Å². The first-order valence-electron chi connectivity index (χ1n) is 6.59. The standard InChI is InChI=1S/C15H16N2O3S2/c1-9-14(16-10(2)22-9)15(20)17-12-5-3-4-11(6-12)7-21-8-13(18)19/h3-6H,7-8H2,1-2H3,(H,17,20)(H,18,19). The van der Waals surface area contributed by atoms with Crippen LogP contribution in [0.4, 0.5) is 5.69 Å². The number of carboxylic acids is 1. The fourth-order valence-electron chi connectivity index (χ4n) is 1.92. The highest BCUT2D eigenvalue weighted by Crippen LogP contribution is 2.20. The number of hydrogen-bond donors (Lipinski definition) is 2. The van der Waals surface area contributed by atoms with Gasteiger partial charge in [0, 0.05) is 16.3 Å². The molecule has 0 radical (unpaired) electrons. The zero-order chi connectivity index (χ0) is 16.1. The summed E-state index contributed by atoms with van der Waals surface area (Å²) in [6.45, 7) is 3.74. The molecule has 0 spiro atoms. The number of thiazole rings is 1. The minimum absolute atomic E-state index is 0.0634.